The molecular weight excluding hydrogens is 174 g/mol. The first kappa shape index (κ1) is 9.41. The molecule has 14 heavy (non-hydrogen) atoms. The monoisotopic (exact) mass is 189 g/mol. The molecule has 0 spiro atoms. The smallest absolute Gasteiger partial charge is 0.157 e. The fourth-order valence-corrected chi connectivity index (χ4v) is 2.15. The van der Waals surface area contributed by atoms with Crippen LogP contribution in [0.3, 0.4) is 0 Å². The van der Waals surface area contributed by atoms with Crippen LogP contribution >= 0.6 is 0 Å². The molecule has 0 aromatic heterocycles. The van der Waals surface area contributed by atoms with Crippen molar-refractivity contribution in [3.63, 3.8) is 0 Å². The molecule has 2 heteroatoms. The topological polar surface area (TPSA) is 29.1 Å². The van der Waals surface area contributed by atoms with E-state index in [1.807, 2.05) is 32.2 Å². The third kappa shape index (κ3) is 1.18. The van der Waals surface area contributed by atoms with Crippen LogP contribution in [0.5, 0.6) is 0 Å². The third-order valence-corrected chi connectivity index (χ3v) is 3.24. The van der Waals surface area contributed by atoms with E-state index >= 15 is 0 Å². The highest BCUT2D eigenvalue weighted by atomic mass is 16.1. The van der Waals surface area contributed by atoms with Gasteiger partial charge in [-0.2, -0.15) is 0 Å². The number of ketones is 1. The van der Waals surface area contributed by atoms with E-state index in [0.717, 1.165) is 12.0 Å². The van der Waals surface area contributed by atoms with E-state index in [4.69, 9.17) is 0 Å². The minimum Gasteiger partial charge on any atom is -0.305 e. The lowest BCUT2D eigenvalue weighted by Gasteiger charge is -2.34. The van der Waals surface area contributed by atoms with Crippen LogP contribution in [-0.2, 0) is 16.8 Å². The van der Waals surface area contributed by atoms with Crippen LogP contribution in [0.4, 0.5) is 0 Å². The Balaban J connectivity index is 2.57. The second-order valence-electron chi connectivity index (χ2n) is 3.96. The average Bonchev–Trinajstić information content (AvgIpc) is 2.24. The van der Waals surface area contributed by atoms with Crippen molar-refractivity contribution in [1.82, 2.24) is 5.32 Å². The molecule has 0 amide bonds. The third-order valence-electron chi connectivity index (χ3n) is 3.24. The number of likely N-dealkylation sites (N-methyl/N-ethyl adjacent to an activating group) is 1. The molecule has 0 bridgehead atoms. The minimum absolute atomic E-state index is 0.290. The molecule has 1 aromatic rings. The summed E-state index contributed by atoms with van der Waals surface area (Å²) in [7, 11) is 1.85. The van der Waals surface area contributed by atoms with Gasteiger partial charge < -0.3 is 5.32 Å². The number of aryl methyl sites for hydroxylation is 1. The molecule has 1 aliphatic carbocycles. The molecule has 1 N–H and O–H groups in total. The first-order chi connectivity index (χ1) is 6.68. The molecule has 0 saturated carbocycles. The van der Waals surface area contributed by atoms with Gasteiger partial charge in [-0.25, -0.2) is 0 Å². The van der Waals surface area contributed by atoms with E-state index in [2.05, 4.69) is 11.4 Å². The number of benzene rings is 1. The summed E-state index contributed by atoms with van der Waals surface area (Å²) in [4.78, 5) is 11.8. The fraction of sp³-hybridized carbons (Fsp3) is 0.417. The molecule has 0 radical (unpaired) electrons. The van der Waals surface area contributed by atoms with Gasteiger partial charge >= 0.3 is 0 Å². The van der Waals surface area contributed by atoms with Crippen molar-refractivity contribution < 1.29 is 4.79 Å². The number of Topliss-reactive ketones (excluding diaryl/α,β-unsaturated/α-hetero) is 1. The van der Waals surface area contributed by atoms with Crippen LogP contribution in [0.15, 0.2) is 24.3 Å². The van der Waals surface area contributed by atoms with Crippen molar-refractivity contribution in [3.8, 4) is 0 Å². The number of rotatable bonds is 1. The molecule has 1 aliphatic rings. The minimum atomic E-state index is -0.477. The summed E-state index contributed by atoms with van der Waals surface area (Å²) < 4.78 is 0. The first-order valence-electron chi connectivity index (χ1n) is 4.99. The Hall–Kier alpha value is -1.15. The summed E-state index contributed by atoms with van der Waals surface area (Å²) >= 11 is 0. The van der Waals surface area contributed by atoms with Crippen molar-refractivity contribution in [2.75, 3.05) is 7.05 Å². The predicted octanol–water partition coefficient (Wildman–Crippen LogP) is 1.64. The molecule has 0 fully saturated rings. The van der Waals surface area contributed by atoms with Crippen LogP contribution in [0.25, 0.3) is 0 Å². The zero-order valence-electron chi connectivity index (χ0n) is 8.63. The van der Waals surface area contributed by atoms with Gasteiger partial charge in [-0.05, 0) is 31.5 Å². The molecule has 0 heterocycles. The predicted molar refractivity (Wildman–Crippen MR) is 56.2 cm³/mol. The maximum atomic E-state index is 11.8. The Bertz CT molecular complexity index is 372. The first-order valence-corrected chi connectivity index (χ1v) is 4.99. The van der Waals surface area contributed by atoms with Gasteiger partial charge in [0.2, 0.25) is 0 Å². The largest absolute Gasteiger partial charge is 0.305 e. The summed E-state index contributed by atoms with van der Waals surface area (Å²) in [6, 6.07) is 8.18. The highest BCUT2D eigenvalue weighted by Gasteiger charge is 2.37. The standard InChI is InChI=1S/C12H15NO/c1-12(13-2)10-6-4-3-5-9(10)7-8-11(12)14/h3-6,13H,7-8H2,1-2H3. The van der Waals surface area contributed by atoms with Crippen molar-refractivity contribution in [1.29, 1.82) is 0 Å². The van der Waals surface area contributed by atoms with Crippen molar-refractivity contribution >= 4 is 5.78 Å². The van der Waals surface area contributed by atoms with E-state index in [1.54, 1.807) is 0 Å². The normalized spacial score (nSPS) is 26.0. The van der Waals surface area contributed by atoms with Crippen LogP contribution < -0.4 is 5.32 Å². The van der Waals surface area contributed by atoms with Crippen molar-refractivity contribution in [2.24, 2.45) is 0 Å². The van der Waals surface area contributed by atoms with E-state index in [9.17, 15) is 4.79 Å². The molecular formula is C12H15NO. The number of fused-ring (bicyclic) bond motifs is 1. The van der Waals surface area contributed by atoms with Gasteiger partial charge in [-0.3, -0.25) is 4.79 Å². The zero-order chi connectivity index (χ0) is 10.2. The lowest BCUT2D eigenvalue weighted by Crippen LogP contribution is -2.47. The summed E-state index contributed by atoms with van der Waals surface area (Å²) in [5, 5.41) is 3.14. The van der Waals surface area contributed by atoms with Gasteiger partial charge in [0, 0.05) is 6.42 Å². The summed E-state index contributed by atoms with van der Waals surface area (Å²) in [5.74, 6) is 0.290. The molecule has 1 unspecified atom stereocenters. The zero-order valence-corrected chi connectivity index (χ0v) is 8.63. The van der Waals surface area contributed by atoms with E-state index in [-0.39, 0.29) is 0 Å². The van der Waals surface area contributed by atoms with Crippen LogP contribution in [0.1, 0.15) is 24.5 Å². The molecule has 2 rings (SSSR count). The maximum Gasteiger partial charge on any atom is 0.157 e. The molecule has 2 nitrogen and oxygen atoms in total. The number of nitrogens with one attached hydrogen (secondary N) is 1. The number of carbonyl (C=O) groups excluding carboxylic acids is 1. The molecule has 0 aliphatic heterocycles. The number of hydrogen-bond acceptors (Lipinski definition) is 2. The van der Waals surface area contributed by atoms with Gasteiger partial charge in [0.25, 0.3) is 0 Å². The van der Waals surface area contributed by atoms with Gasteiger partial charge in [0.1, 0.15) is 5.54 Å². The Morgan fingerprint density at radius 2 is 2.00 bits per heavy atom. The maximum absolute atomic E-state index is 11.8. The van der Waals surface area contributed by atoms with Crippen LogP contribution in [0, 0.1) is 0 Å². The Morgan fingerprint density at radius 1 is 1.29 bits per heavy atom. The SMILES string of the molecule is CNC1(C)C(=O)CCc2ccccc21. The Kier molecular flexibility index (Phi) is 2.16. The highest BCUT2D eigenvalue weighted by Crippen LogP contribution is 2.31. The van der Waals surface area contributed by atoms with E-state index < -0.39 is 5.54 Å². The lowest BCUT2D eigenvalue weighted by atomic mass is 9.77. The van der Waals surface area contributed by atoms with E-state index in [0.29, 0.717) is 12.2 Å². The highest BCUT2D eigenvalue weighted by molar-refractivity contribution is 5.91. The molecule has 74 valence electrons. The van der Waals surface area contributed by atoms with Gasteiger partial charge in [-0.1, -0.05) is 24.3 Å². The van der Waals surface area contributed by atoms with Crippen molar-refractivity contribution in [3.05, 3.63) is 35.4 Å². The summed E-state index contributed by atoms with van der Waals surface area (Å²) in [6.45, 7) is 1.97. The molecule has 0 saturated heterocycles. The van der Waals surface area contributed by atoms with Gasteiger partial charge in [0.05, 0.1) is 0 Å². The number of carbonyl (C=O) groups is 1. The number of hydrogen-bond donors (Lipinski definition) is 1. The second-order valence-corrected chi connectivity index (χ2v) is 3.96. The Labute approximate surface area is 84.3 Å². The second kappa shape index (κ2) is 3.21. The molecule has 1 atom stereocenters. The van der Waals surface area contributed by atoms with Gasteiger partial charge in [0.15, 0.2) is 5.78 Å². The van der Waals surface area contributed by atoms with Crippen LogP contribution in [0.2, 0.25) is 0 Å². The summed E-state index contributed by atoms with van der Waals surface area (Å²) in [6.07, 6.45) is 1.53. The summed E-state index contributed by atoms with van der Waals surface area (Å²) in [5.41, 5.74) is 1.96. The van der Waals surface area contributed by atoms with Gasteiger partial charge in [-0.15, -0.1) is 0 Å². The molecule has 1 aromatic carbocycles. The fourth-order valence-electron chi connectivity index (χ4n) is 2.15. The quantitative estimate of drug-likeness (QED) is 0.727. The lowest BCUT2D eigenvalue weighted by molar-refractivity contribution is -0.125. The van der Waals surface area contributed by atoms with Crippen molar-refractivity contribution in [2.45, 2.75) is 25.3 Å². The Morgan fingerprint density at radius 3 is 2.71 bits per heavy atom. The van der Waals surface area contributed by atoms with E-state index in [1.165, 1.54) is 5.56 Å². The average molecular weight is 189 g/mol. The van der Waals surface area contributed by atoms with Crippen LogP contribution in [-0.4, -0.2) is 12.8 Å².